The molecule has 2 saturated heterocycles. The largest absolute Gasteiger partial charge is 0.381 e. The van der Waals surface area contributed by atoms with Gasteiger partial charge in [-0.2, -0.15) is 0 Å². The second-order valence-corrected chi connectivity index (χ2v) is 6.16. The molecular formula is C16H22N4O. The van der Waals surface area contributed by atoms with Crippen molar-refractivity contribution in [3.8, 4) is 0 Å². The molecular weight excluding hydrogens is 264 g/mol. The van der Waals surface area contributed by atoms with E-state index < -0.39 is 0 Å². The average Bonchev–Trinajstić information content (AvgIpc) is 3.17. The van der Waals surface area contributed by atoms with Gasteiger partial charge in [-0.1, -0.05) is 6.42 Å². The Hall–Kier alpha value is -1.46. The smallest absolute Gasteiger partial charge is 0.160 e. The van der Waals surface area contributed by atoms with E-state index in [-0.39, 0.29) is 0 Å². The lowest BCUT2D eigenvalue weighted by atomic mass is 10.0. The Morgan fingerprint density at radius 1 is 1.33 bits per heavy atom. The van der Waals surface area contributed by atoms with Crippen LogP contribution in [-0.4, -0.2) is 34.3 Å². The van der Waals surface area contributed by atoms with Gasteiger partial charge in [0.05, 0.1) is 12.6 Å². The Balaban J connectivity index is 1.72. The standard InChI is InChI=1S/C16H22N4O/c1-2-7-17-13(4-1)16-19-14-5-3-8-18-15(14)20(16)10-12-6-9-21-11-12/h3,5,8,12-13,17H,1-2,4,6-7,9-11H2. The molecule has 0 amide bonds. The van der Waals surface area contributed by atoms with Crippen LogP contribution in [-0.2, 0) is 11.3 Å². The first-order valence-electron chi connectivity index (χ1n) is 8.04. The molecule has 0 saturated carbocycles. The van der Waals surface area contributed by atoms with Crippen molar-refractivity contribution in [3.05, 3.63) is 24.2 Å². The van der Waals surface area contributed by atoms with Crippen LogP contribution in [0.15, 0.2) is 18.3 Å². The van der Waals surface area contributed by atoms with Crippen molar-refractivity contribution in [2.45, 2.75) is 38.3 Å². The van der Waals surface area contributed by atoms with E-state index >= 15 is 0 Å². The summed E-state index contributed by atoms with van der Waals surface area (Å²) in [6.45, 7) is 3.82. The normalized spacial score (nSPS) is 26.5. The number of pyridine rings is 1. The molecule has 4 rings (SSSR count). The summed E-state index contributed by atoms with van der Waals surface area (Å²) >= 11 is 0. The predicted octanol–water partition coefficient (Wildman–Crippen LogP) is 2.28. The Kier molecular flexibility index (Phi) is 3.61. The van der Waals surface area contributed by atoms with E-state index in [9.17, 15) is 0 Å². The molecule has 0 bridgehead atoms. The zero-order valence-electron chi connectivity index (χ0n) is 12.3. The van der Waals surface area contributed by atoms with Crippen molar-refractivity contribution < 1.29 is 4.74 Å². The summed E-state index contributed by atoms with van der Waals surface area (Å²) in [5.41, 5.74) is 2.03. The number of rotatable bonds is 3. The van der Waals surface area contributed by atoms with Crippen LogP contribution in [0.4, 0.5) is 0 Å². The van der Waals surface area contributed by atoms with E-state index in [1.807, 2.05) is 12.3 Å². The predicted molar refractivity (Wildman–Crippen MR) is 81.0 cm³/mol. The van der Waals surface area contributed by atoms with Crippen molar-refractivity contribution in [3.63, 3.8) is 0 Å². The van der Waals surface area contributed by atoms with Gasteiger partial charge in [-0.15, -0.1) is 0 Å². The Bertz CT molecular complexity index is 612. The maximum Gasteiger partial charge on any atom is 0.160 e. The lowest BCUT2D eigenvalue weighted by Gasteiger charge is -2.24. The van der Waals surface area contributed by atoms with E-state index in [2.05, 4.69) is 20.9 Å². The van der Waals surface area contributed by atoms with Gasteiger partial charge in [-0.25, -0.2) is 9.97 Å². The Morgan fingerprint density at radius 3 is 3.14 bits per heavy atom. The molecule has 2 unspecified atom stereocenters. The highest BCUT2D eigenvalue weighted by Crippen LogP contribution is 2.27. The molecule has 2 fully saturated rings. The van der Waals surface area contributed by atoms with E-state index in [0.717, 1.165) is 49.7 Å². The minimum Gasteiger partial charge on any atom is -0.381 e. The second kappa shape index (κ2) is 5.73. The number of nitrogens with zero attached hydrogens (tertiary/aromatic N) is 3. The third kappa shape index (κ3) is 2.56. The van der Waals surface area contributed by atoms with E-state index in [1.165, 1.54) is 19.3 Å². The maximum atomic E-state index is 5.53. The average molecular weight is 286 g/mol. The summed E-state index contributed by atoms with van der Waals surface area (Å²) < 4.78 is 7.86. The van der Waals surface area contributed by atoms with Crippen LogP contribution < -0.4 is 5.32 Å². The number of imidazole rings is 1. The third-order valence-electron chi connectivity index (χ3n) is 4.62. The fourth-order valence-corrected chi connectivity index (χ4v) is 3.48. The molecule has 1 N–H and O–H groups in total. The molecule has 4 heterocycles. The van der Waals surface area contributed by atoms with Gasteiger partial charge in [0, 0.05) is 25.3 Å². The van der Waals surface area contributed by atoms with Crippen molar-refractivity contribution in [1.82, 2.24) is 19.9 Å². The van der Waals surface area contributed by atoms with Gasteiger partial charge in [-0.05, 0) is 37.9 Å². The number of aromatic nitrogens is 3. The van der Waals surface area contributed by atoms with Gasteiger partial charge in [0.15, 0.2) is 5.65 Å². The van der Waals surface area contributed by atoms with Crippen LogP contribution in [0, 0.1) is 5.92 Å². The summed E-state index contributed by atoms with van der Waals surface area (Å²) in [7, 11) is 0. The molecule has 2 atom stereocenters. The van der Waals surface area contributed by atoms with Gasteiger partial charge in [-0.3, -0.25) is 0 Å². The number of hydrogen-bond donors (Lipinski definition) is 1. The fourth-order valence-electron chi connectivity index (χ4n) is 3.48. The highest BCUT2D eigenvalue weighted by atomic mass is 16.5. The second-order valence-electron chi connectivity index (χ2n) is 6.16. The lowest BCUT2D eigenvalue weighted by molar-refractivity contribution is 0.182. The molecule has 2 aromatic heterocycles. The number of hydrogen-bond acceptors (Lipinski definition) is 4. The molecule has 0 aliphatic carbocycles. The van der Waals surface area contributed by atoms with E-state index in [1.54, 1.807) is 0 Å². The van der Waals surface area contributed by atoms with Gasteiger partial charge in [0.1, 0.15) is 11.3 Å². The highest BCUT2D eigenvalue weighted by Gasteiger charge is 2.25. The van der Waals surface area contributed by atoms with E-state index in [0.29, 0.717) is 12.0 Å². The molecule has 2 aliphatic rings. The summed E-state index contributed by atoms with van der Waals surface area (Å²) in [6.07, 6.45) is 6.73. The van der Waals surface area contributed by atoms with Crippen LogP contribution in [0.1, 0.15) is 37.5 Å². The molecule has 5 heteroatoms. The van der Waals surface area contributed by atoms with E-state index in [4.69, 9.17) is 9.72 Å². The van der Waals surface area contributed by atoms with Gasteiger partial charge >= 0.3 is 0 Å². The first kappa shape index (κ1) is 13.2. The van der Waals surface area contributed by atoms with Gasteiger partial charge < -0.3 is 14.6 Å². The van der Waals surface area contributed by atoms with Crippen molar-refractivity contribution in [2.75, 3.05) is 19.8 Å². The molecule has 0 spiro atoms. The zero-order valence-corrected chi connectivity index (χ0v) is 12.3. The minimum absolute atomic E-state index is 0.371. The van der Waals surface area contributed by atoms with Crippen molar-refractivity contribution in [2.24, 2.45) is 5.92 Å². The SMILES string of the molecule is c1cnc2c(c1)nc(C1CCCCN1)n2CC1CCOC1. The molecule has 5 nitrogen and oxygen atoms in total. The highest BCUT2D eigenvalue weighted by molar-refractivity contribution is 5.71. The van der Waals surface area contributed by atoms with Crippen LogP contribution in [0.3, 0.4) is 0 Å². The van der Waals surface area contributed by atoms with Gasteiger partial charge in [0.25, 0.3) is 0 Å². The number of ether oxygens (including phenoxy) is 1. The molecule has 0 aromatic carbocycles. The quantitative estimate of drug-likeness (QED) is 0.940. The number of piperidine rings is 1. The third-order valence-corrected chi connectivity index (χ3v) is 4.62. The summed E-state index contributed by atoms with van der Waals surface area (Å²) in [5, 5.41) is 3.62. The maximum absolute atomic E-state index is 5.53. The Labute approximate surface area is 124 Å². The first-order valence-corrected chi connectivity index (χ1v) is 8.04. The number of fused-ring (bicyclic) bond motifs is 1. The van der Waals surface area contributed by atoms with Gasteiger partial charge in [0.2, 0.25) is 0 Å². The van der Waals surface area contributed by atoms with Crippen LogP contribution in [0.5, 0.6) is 0 Å². The molecule has 2 aromatic rings. The minimum atomic E-state index is 0.371. The number of nitrogens with one attached hydrogen (secondary N) is 1. The monoisotopic (exact) mass is 286 g/mol. The molecule has 0 radical (unpaired) electrons. The Morgan fingerprint density at radius 2 is 2.33 bits per heavy atom. The van der Waals surface area contributed by atoms with Crippen LogP contribution in [0.2, 0.25) is 0 Å². The van der Waals surface area contributed by atoms with Crippen molar-refractivity contribution in [1.29, 1.82) is 0 Å². The zero-order chi connectivity index (χ0) is 14.1. The first-order chi connectivity index (χ1) is 10.4. The fraction of sp³-hybridized carbons (Fsp3) is 0.625. The molecule has 2 aliphatic heterocycles. The molecule has 21 heavy (non-hydrogen) atoms. The van der Waals surface area contributed by atoms with Crippen molar-refractivity contribution >= 4 is 11.2 Å². The lowest BCUT2D eigenvalue weighted by Crippen LogP contribution is -2.30. The summed E-state index contributed by atoms with van der Waals surface area (Å²) in [6, 6.07) is 4.41. The summed E-state index contributed by atoms with van der Waals surface area (Å²) in [5.74, 6) is 1.75. The summed E-state index contributed by atoms with van der Waals surface area (Å²) in [4.78, 5) is 9.45. The topological polar surface area (TPSA) is 52.0 Å². The van der Waals surface area contributed by atoms with Crippen LogP contribution >= 0.6 is 0 Å². The molecule has 112 valence electrons. The van der Waals surface area contributed by atoms with Crippen LogP contribution in [0.25, 0.3) is 11.2 Å².